The summed E-state index contributed by atoms with van der Waals surface area (Å²) in [4.78, 5) is 89.0. The monoisotopic (exact) mass is 861 g/mol. The third-order valence-corrected chi connectivity index (χ3v) is 10.6. The molecule has 6 N–H and O–H groups in total. The number of anilines is 1. The zero-order valence-corrected chi connectivity index (χ0v) is 34.7. The number of carboxylic acid groups (broad SMARTS) is 1. The van der Waals surface area contributed by atoms with Crippen molar-refractivity contribution in [1.82, 2.24) is 5.32 Å². The van der Waals surface area contributed by atoms with Gasteiger partial charge in [0.2, 0.25) is 5.91 Å². The molecule has 5 aromatic carbocycles. The molecule has 0 aromatic heterocycles. The molecule has 16 heteroatoms. The van der Waals surface area contributed by atoms with Crippen LogP contribution in [0.4, 0.5) is 5.69 Å². The lowest BCUT2D eigenvalue weighted by atomic mass is 9.95. The minimum Gasteiger partial charge on any atom is -0.504 e. The predicted molar refractivity (Wildman–Crippen MR) is 228 cm³/mol. The van der Waals surface area contributed by atoms with E-state index in [9.17, 15) is 47.1 Å². The van der Waals surface area contributed by atoms with Crippen LogP contribution in [0.2, 0.25) is 0 Å². The first kappa shape index (κ1) is 45.6. The highest BCUT2D eigenvalue weighted by Gasteiger charge is 2.25. The summed E-state index contributed by atoms with van der Waals surface area (Å²) in [5.41, 5.74) is 7.71. The first-order valence-electron chi connectivity index (χ1n) is 19.1. The molecule has 5 rings (SSSR count). The minimum absolute atomic E-state index is 0.0240. The Morgan fingerprint density at radius 3 is 1.74 bits per heavy atom. The molecule has 0 saturated heterocycles. The molecule has 0 heterocycles. The average molecular weight is 862 g/mol. The molecule has 62 heavy (non-hydrogen) atoms. The summed E-state index contributed by atoms with van der Waals surface area (Å²) < 4.78 is 29.3. The third kappa shape index (κ3) is 12.1. The molecule has 5 aromatic rings. The van der Waals surface area contributed by atoms with E-state index in [1.54, 1.807) is 26.0 Å². The van der Waals surface area contributed by atoms with Crippen LogP contribution in [0.5, 0.6) is 11.5 Å². The maximum atomic E-state index is 13.4. The lowest BCUT2D eigenvalue weighted by molar-refractivity contribution is -0.125. The molecule has 15 nitrogen and oxygen atoms in total. The lowest BCUT2D eigenvalue weighted by Crippen LogP contribution is -2.44. The number of carbonyl (C=O) groups is 7. The number of rotatable bonds is 19. The molecule has 0 unspecified atom stereocenters. The van der Waals surface area contributed by atoms with Gasteiger partial charge >= 0.3 is 5.97 Å². The van der Waals surface area contributed by atoms with E-state index in [-0.39, 0.29) is 63.5 Å². The number of carboxylic acids is 1. The number of ether oxygens (including phenoxy) is 1. The number of benzene rings is 5. The van der Waals surface area contributed by atoms with E-state index < -0.39 is 69.4 Å². The van der Waals surface area contributed by atoms with Gasteiger partial charge in [0.25, 0.3) is 11.8 Å². The molecule has 0 spiro atoms. The Balaban J connectivity index is 1.21. The van der Waals surface area contributed by atoms with Crippen molar-refractivity contribution in [3.63, 3.8) is 0 Å². The van der Waals surface area contributed by atoms with E-state index in [0.717, 1.165) is 6.26 Å². The second-order valence-electron chi connectivity index (χ2n) is 14.7. The van der Waals surface area contributed by atoms with Gasteiger partial charge in [0.05, 0.1) is 34.6 Å². The second-order valence-corrected chi connectivity index (χ2v) is 16.7. The minimum atomic E-state index is -3.44. The lowest BCUT2D eigenvalue weighted by Gasteiger charge is -2.18. The summed E-state index contributed by atoms with van der Waals surface area (Å²) in [7, 11) is -3.44. The van der Waals surface area contributed by atoms with Crippen molar-refractivity contribution in [2.45, 2.75) is 56.6 Å². The van der Waals surface area contributed by atoms with Crippen molar-refractivity contribution >= 4 is 56.6 Å². The maximum absolute atomic E-state index is 13.4. The number of nitrogens with one attached hydrogen (secondary N) is 2. The molecular weight excluding hydrogens is 819 g/mol. The third-order valence-electron chi connectivity index (χ3n) is 9.49. The first-order chi connectivity index (χ1) is 29.3. The second kappa shape index (κ2) is 19.7. The normalized spacial score (nSPS) is 11.6. The summed E-state index contributed by atoms with van der Waals surface area (Å²) in [6, 6.07) is 24.6. The number of phenols is 1. The summed E-state index contributed by atoms with van der Waals surface area (Å²) in [5, 5.41) is 25.5. The van der Waals surface area contributed by atoms with Crippen LogP contribution in [0.15, 0.2) is 114 Å². The van der Waals surface area contributed by atoms with Crippen molar-refractivity contribution < 1.29 is 56.9 Å². The molecule has 0 bridgehead atoms. The molecule has 0 radical (unpaired) electrons. The smallest absolute Gasteiger partial charge is 0.335 e. The van der Waals surface area contributed by atoms with Crippen LogP contribution in [0.25, 0.3) is 0 Å². The van der Waals surface area contributed by atoms with Crippen molar-refractivity contribution in [3.05, 3.63) is 154 Å². The highest BCUT2D eigenvalue weighted by Crippen LogP contribution is 2.36. The predicted octanol–water partition coefficient (Wildman–Crippen LogP) is 5.17. The van der Waals surface area contributed by atoms with Gasteiger partial charge in [-0.25, -0.2) is 13.2 Å². The summed E-state index contributed by atoms with van der Waals surface area (Å²) >= 11 is 0. The Morgan fingerprint density at radius 2 is 1.19 bits per heavy atom. The van der Waals surface area contributed by atoms with Gasteiger partial charge in [-0.05, 0) is 91.7 Å². The quantitative estimate of drug-likeness (QED) is 0.0675. The molecule has 0 saturated carbocycles. The Morgan fingerprint density at radius 1 is 0.661 bits per heavy atom. The molecular formula is C46H43N3O12S. The van der Waals surface area contributed by atoms with Crippen LogP contribution in [-0.4, -0.2) is 78.1 Å². The number of Topliss-reactive ketones (excluding diaryl/α,β-unsaturated/α-hetero) is 3. The number of aromatic hydroxyl groups is 1. The zero-order valence-electron chi connectivity index (χ0n) is 33.8. The van der Waals surface area contributed by atoms with Crippen LogP contribution in [0.3, 0.4) is 0 Å². The van der Waals surface area contributed by atoms with E-state index in [1.807, 2.05) is 0 Å². The standard InChI is InChI=1S/C46H43N3O12S/c1-26(2)61-43-33(16-21-36(42(43)54)39(51)22-27-6-10-32(11-7-27)46(57)58)24-38(50)29-8-4-28(5-9-29)23-40(52)37(25-41(47)53)49-45(56)30-12-17-34(18-13-30)48-44(55)31-14-19-35(20-15-31)62(3,59)60/h4-21,26,37,54H,22-25H2,1-3H3,(H2,47,53)(H,48,55)(H,49,56)(H,57,58)/t37-/m0/s1. The number of sulfone groups is 1. The molecule has 0 aliphatic carbocycles. The van der Waals surface area contributed by atoms with Crippen LogP contribution in [-0.2, 0) is 38.7 Å². The maximum Gasteiger partial charge on any atom is 0.335 e. The van der Waals surface area contributed by atoms with Gasteiger partial charge in [0, 0.05) is 53.5 Å². The molecule has 1 atom stereocenters. The summed E-state index contributed by atoms with van der Waals surface area (Å²) in [5.74, 6) is -4.92. The molecule has 0 fully saturated rings. The fourth-order valence-corrected chi connectivity index (χ4v) is 6.88. The topological polar surface area (TPSA) is 253 Å². The van der Waals surface area contributed by atoms with Gasteiger partial charge in [-0.15, -0.1) is 0 Å². The van der Waals surface area contributed by atoms with Crippen LogP contribution >= 0.6 is 0 Å². The van der Waals surface area contributed by atoms with Crippen LogP contribution in [0.1, 0.15) is 88.7 Å². The number of amides is 3. The van der Waals surface area contributed by atoms with Gasteiger partial charge in [0.1, 0.15) is 0 Å². The Bertz CT molecular complexity index is 2640. The number of hydrogen-bond acceptors (Lipinski definition) is 11. The van der Waals surface area contributed by atoms with E-state index in [0.29, 0.717) is 22.4 Å². The van der Waals surface area contributed by atoms with Gasteiger partial charge in [0.15, 0.2) is 38.7 Å². The van der Waals surface area contributed by atoms with Crippen molar-refractivity contribution in [1.29, 1.82) is 0 Å². The Kier molecular flexibility index (Phi) is 14.5. The fraction of sp³-hybridized carbons (Fsp3) is 0.196. The van der Waals surface area contributed by atoms with E-state index in [4.69, 9.17) is 15.6 Å². The molecule has 320 valence electrons. The number of phenolic OH excluding ortho intramolecular Hbond substituents is 1. The average Bonchev–Trinajstić information content (AvgIpc) is 3.22. The van der Waals surface area contributed by atoms with Crippen molar-refractivity contribution in [3.8, 4) is 11.5 Å². The van der Waals surface area contributed by atoms with Crippen LogP contribution < -0.4 is 21.1 Å². The van der Waals surface area contributed by atoms with E-state index >= 15 is 0 Å². The SMILES string of the molecule is CC(C)Oc1c(CC(=O)c2ccc(CC(=O)[C@H](CC(N)=O)NC(=O)c3ccc(NC(=O)c4ccc(S(C)(=O)=O)cc4)cc3)cc2)ccc(C(=O)Cc2ccc(C(=O)O)cc2)c1O. The molecule has 0 aliphatic heterocycles. The van der Waals surface area contributed by atoms with Gasteiger partial charge in [-0.1, -0.05) is 42.5 Å². The molecule has 3 amide bonds. The van der Waals surface area contributed by atoms with E-state index in [1.165, 1.54) is 97.1 Å². The zero-order chi connectivity index (χ0) is 45.3. The number of ketones is 3. The number of aromatic carboxylic acids is 1. The highest BCUT2D eigenvalue weighted by molar-refractivity contribution is 7.90. The number of nitrogens with two attached hydrogens (primary N) is 1. The van der Waals surface area contributed by atoms with Crippen molar-refractivity contribution in [2.24, 2.45) is 5.73 Å². The number of primary amides is 1. The highest BCUT2D eigenvalue weighted by atomic mass is 32.2. The summed E-state index contributed by atoms with van der Waals surface area (Å²) in [6.07, 6.45) is -0.398. The summed E-state index contributed by atoms with van der Waals surface area (Å²) in [6.45, 7) is 3.44. The van der Waals surface area contributed by atoms with Gasteiger partial charge in [-0.2, -0.15) is 0 Å². The number of hydrogen-bond donors (Lipinski definition) is 5. The van der Waals surface area contributed by atoms with Gasteiger partial charge < -0.3 is 31.3 Å². The Hall–Kier alpha value is -7.46. The number of carbonyl (C=O) groups excluding carboxylic acids is 6. The van der Waals surface area contributed by atoms with Crippen molar-refractivity contribution in [2.75, 3.05) is 11.6 Å². The largest absolute Gasteiger partial charge is 0.504 e. The van der Waals surface area contributed by atoms with Gasteiger partial charge in [-0.3, -0.25) is 28.8 Å². The molecule has 0 aliphatic rings. The van der Waals surface area contributed by atoms with E-state index in [2.05, 4.69) is 10.6 Å². The first-order valence-corrected chi connectivity index (χ1v) is 21.0. The Labute approximate surface area is 356 Å². The fourth-order valence-electron chi connectivity index (χ4n) is 6.25. The van der Waals surface area contributed by atoms with Crippen LogP contribution in [0, 0.1) is 0 Å².